The Morgan fingerprint density at radius 1 is 1.21 bits per heavy atom. The summed E-state index contributed by atoms with van der Waals surface area (Å²) in [7, 11) is -4.10. The summed E-state index contributed by atoms with van der Waals surface area (Å²) in [5, 5.41) is 15.9. The summed E-state index contributed by atoms with van der Waals surface area (Å²) in [6, 6.07) is 2.77. The zero-order valence-electron chi connectivity index (χ0n) is 15.7. The topological polar surface area (TPSA) is 113 Å². The number of amides is 2. The van der Waals surface area contributed by atoms with Crippen molar-refractivity contribution in [1.82, 2.24) is 14.5 Å². The molecule has 2 aromatic rings. The molecule has 0 aliphatic heterocycles. The van der Waals surface area contributed by atoms with Gasteiger partial charge in [-0.05, 0) is 73.8 Å². The van der Waals surface area contributed by atoms with E-state index < -0.39 is 22.2 Å². The lowest BCUT2D eigenvalue weighted by Crippen LogP contribution is -2.35. The van der Waals surface area contributed by atoms with E-state index in [-0.39, 0.29) is 11.6 Å². The van der Waals surface area contributed by atoms with Crippen molar-refractivity contribution >= 4 is 21.7 Å². The third-order valence-electron chi connectivity index (χ3n) is 5.28. The highest BCUT2D eigenvalue weighted by atomic mass is 32.2. The molecule has 150 valence electrons. The van der Waals surface area contributed by atoms with Crippen LogP contribution in [0.5, 0.6) is 0 Å². The Labute approximate surface area is 164 Å². The van der Waals surface area contributed by atoms with Gasteiger partial charge >= 0.3 is 6.03 Å². The smallest absolute Gasteiger partial charge is 0.333 e. The molecule has 0 saturated carbocycles. The Balaban J connectivity index is 1.53. The highest BCUT2D eigenvalue weighted by Crippen LogP contribution is 2.38. The number of nitrogens with one attached hydrogen (secondary N) is 2. The minimum Gasteiger partial charge on any atom is -0.391 e. The minimum absolute atomic E-state index is 0.171. The largest absolute Gasteiger partial charge is 0.391 e. The van der Waals surface area contributed by atoms with Gasteiger partial charge in [0.25, 0.3) is 10.0 Å². The number of urea groups is 1. The molecule has 0 saturated heterocycles. The fourth-order valence-corrected chi connectivity index (χ4v) is 4.99. The molecular formula is C19H24N4O4S. The average Bonchev–Trinajstić information content (AvgIpc) is 3.32. The van der Waals surface area contributed by atoms with E-state index in [9.17, 15) is 18.3 Å². The molecule has 8 nitrogen and oxygen atoms in total. The number of fused-ring (bicyclic) bond motifs is 2. The number of aliphatic hydroxyl groups is 1. The summed E-state index contributed by atoms with van der Waals surface area (Å²) >= 11 is 0. The molecule has 0 unspecified atom stereocenters. The molecule has 0 radical (unpaired) electrons. The van der Waals surface area contributed by atoms with E-state index >= 15 is 0 Å². The molecule has 3 N–H and O–H groups in total. The summed E-state index contributed by atoms with van der Waals surface area (Å²) in [4.78, 5) is 12.5. The second kappa shape index (κ2) is 7.21. The van der Waals surface area contributed by atoms with E-state index in [4.69, 9.17) is 0 Å². The predicted octanol–water partition coefficient (Wildman–Crippen LogP) is 1.75. The van der Waals surface area contributed by atoms with Gasteiger partial charge in [-0.1, -0.05) is 6.07 Å². The first kappa shape index (κ1) is 18.9. The highest BCUT2D eigenvalue weighted by Gasteiger charge is 2.27. The minimum atomic E-state index is -4.10. The number of rotatable bonds is 5. The zero-order valence-corrected chi connectivity index (χ0v) is 16.6. The fraction of sp³-hybridized carbons (Fsp3) is 0.474. The Hall–Kier alpha value is -2.39. The van der Waals surface area contributed by atoms with Gasteiger partial charge in [-0.2, -0.15) is 13.5 Å². The zero-order chi connectivity index (χ0) is 19.9. The lowest BCUT2D eigenvalue weighted by molar-refractivity contribution is 0.168. The number of aliphatic hydroxyl groups excluding tert-OH is 1. The SMILES string of the molecule is C[C@H](O)Cn1ccc(S(=O)(=O)NC(=O)Nc2c3c(cc4c2CCC4)CCC3)n1. The van der Waals surface area contributed by atoms with Crippen LogP contribution < -0.4 is 10.0 Å². The van der Waals surface area contributed by atoms with Gasteiger partial charge in [0.15, 0.2) is 5.03 Å². The highest BCUT2D eigenvalue weighted by molar-refractivity contribution is 7.90. The van der Waals surface area contributed by atoms with Gasteiger partial charge in [-0.3, -0.25) is 4.68 Å². The Morgan fingerprint density at radius 2 is 1.86 bits per heavy atom. The Bertz CT molecular complexity index is 995. The summed E-state index contributed by atoms with van der Waals surface area (Å²) < 4.78 is 28.4. The number of hydrogen-bond acceptors (Lipinski definition) is 5. The maximum atomic E-state index is 12.5. The first-order valence-electron chi connectivity index (χ1n) is 9.55. The molecule has 9 heteroatoms. The van der Waals surface area contributed by atoms with Crippen LogP contribution in [0.25, 0.3) is 0 Å². The van der Waals surface area contributed by atoms with E-state index in [1.807, 2.05) is 0 Å². The van der Waals surface area contributed by atoms with Crippen molar-refractivity contribution in [1.29, 1.82) is 0 Å². The third-order valence-corrected chi connectivity index (χ3v) is 6.50. The molecule has 4 rings (SSSR count). The first-order chi connectivity index (χ1) is 13.3. The number of aryl methyl sites for hydroxylation is 2. The lowest BCUT2D eigenvalue weighted by atomic mass is 9.99. The number of nitrogens with zero attached hydrogens (tertiary/aromatic N) is 2. The van der Waals surface area contributed by atoms with Crippen LogP contribution in [0.1, 0.15) is 42.0 Å². The van der Waals surface area contributed by atoms with Crippen LogP contribution in [0, 0.1) is 0 Å². The van der Waals surface area contributed by atoms with Crippen molar-refractivity contribution in [2.24, 2.45) is 0 Å². The standard InChI is InChI=1S/C19H24N4O4S/c1-12(24)11-23-9-8-17(21-23)28(26,27)22-19(25)20-18-15-6-2-4-13(15)10-14-5-3-7-16(14)18/h8-10,12,24H,2-7,11H2,1H3,(H2,20,22,25)/t12-/m0/s1. The molecule has 0 fully saturated rings. The van der Waals surface area contributed by atoms with E-state index in [2.05, 4.69) is 21.2 Å². The monoisotopic (exact) mass is 404 g/mol. The van der Waals surface area contributed by atoms with Gasteiger partial charge in [0.2, 0.25) is 0 Å². The fourth-order valence-electron chi connectivity index (χ4n) is 4.14. The van der Waals surface area contributed by atoms with E-state index in [1.165, 1.54) is 28.1 Å². The van der Waals surface area contributed by atoms with Gasteiger partial charge in [0.05, 0.1) is 12.6 Å². The van der Waals surface area contributed by atoms with Crippen molar-refractivity contribution in [3.63, 3.8) is 0 Å². The van der Waals surface area contributed by atoms with Gasteiger partial charge in [0, 0.05) is 11.9 Å². The molecule has 1 heterocycles. The lowest BCUT2D eigenvalue weighted by Gasteiger charge is -2.16. The van der Waals surface area contributed by atoms with E-state index in [1.54, 1.807) is 6.92 Å². The number of aromatic nitrogens is 2. The van der Waals surface area contributed by atoms with E-state index in [0.29, 0.717) is 0 Å². The second-order valence-electron chi connectivity index (χ2n) is 7.52. The molecule has 2 amide bonds. The molecule has 2 aliphatic rings. The normalized spacial score (nSPS) is 16.5. The molecular weight excluding hydrogens is 380 g/mol. The third kappa shape index (κ3) is 3.64. The van der Waals surface area contributed by atoms with Crippen molar-refractivity contribution in [2.75, 3.05) is 5.32 Å². The van der Waals surface area contributed by atoms with Crippen LogP contribution in [0.15, 0.2) is 23.4 Å². The van der Waals surface area contributed by atoms with Crippen LogP contribution in [0.3, 0.4) is 0 Å². The Morgan fingerprint density at radius 3 is 2.46 bits per heavy atom. The average molecular weight is 404 g/mol. The number of sulfonamides is 1. The van der Waals surface area contributed by atoms with Crippen molar-refractivity contribution in [3.05, 3.63) is 40.6 Å². The van der Waals surface area contributed by atoms with Crippen LogP contribution >= 0.6 is 0 Å². The quantitative estimate of drug-likeness (QED) is 0.703. The number of benzene rings is 1. The van der Waals surface area contributed by atoms with E-state index in [0.717, 1.165) is 55.3 Å². The van der Waals surface area contributed by atoms with Crippen molar-refractivity contribution < 1.29 is 18.3 Å². The van der Waals surface area contributed by atoms with Crippen LogP contribution in [0.4, 0.5) is 10.5 Å². The van der Waals surface area contributed by atoms with Gasteiger partial charge < -0.3 is 10.4 Å². The molecule has 2 aliphatic carbocycles. The number of carbonyl (C=O) groups is 1. The molecule has 28 heavy (non-hydrogen) atoms. The van der Waals surface area contributed by atoms with Crippen LogP contribution in [-0.4, -0.2) is 35.4 Å². The molecule has 1 atom stereocenters. The van der Waals surface area contributed by atoms with Gasteiger partial charge in [0.1, 0.15) is 0 Å². The maximum Gasteiger partial charge on any atom is 0.333 e. The van der Waals surface area contributed by atoms with Crippen molar-refractivity contribution in [3.8, 4) is 0 Å². The summed E-state index contributed by atoms with van der Waals surface area (Å²) in [6.45, 7) is 1.75. The second-order valence-corrected chi connectivity index (χ2v) is 9.15. The summed E-state index contributed by atoms with van der Waals surface area (Å²) in [5.41, 5.74) is 5.57. The predicted molar refractivity (Wildman–Crippen MR) is 104 cm³/mol. The van der Waals surface area contributed by atoms with Gasteiger partial charge in [-0.25, -0.2) is 9.52 Å². The Kier molecular flexibility index (Phi) is 4.88. The number of hydrogen-bond donors (Lipinski definition) is 3. The molecule has 0 bridgehead atoms. The summed E-state index contributed by atoms with van der Waals surface area (Å²) in [5.74, 6) is 0. The molecule has 0 spiro atoms. The maximum absolute atomic E-state index is 12.5. The summed E-state index contributed by atoms with van der Waals surface area (Å²) in [6.07, 6.45) is 6.69. The van der Waals surface area contributed by atoms with Crippen molar-refractivity contribution in [2.45, 2.75) is 63.1 Å². The van der Waals surface area contributed by atoms with Crippen LogP contribution in [0.2, 0.25) is 0 Å². The number of carbonyl (C=O) groups excluding carboxylic acids is 1. The van der Waals surface area contributed by atoms with Gasteiger partial charge in [-0.15, -0.1) is 0 Å². The molecule has 1 aromatic heterocycles. The van der Waals surface area contributed by atoms with Crippen LogP contribution in [-0.2, 0) is 42.3 Å². The molecule has 1 aromatic carbocycles. The number of anilines is 1. The first-order valence-corrected chi connectivity index (χ1v) is 11.0.